The zero-order chi connectivity index (χ0) is 15.2. The predicted molar refractivity (Wildman–Crippen MR) is 77.2 cm³/mol. The number of carbonyl (C=O) groups is 1. The van der Waals surface area contributed by atoms with Crippen LogP contribution >= 0.6 is 11.6 Å². The number of nitrogens with zero attached hydrogens (tertiary/aromatic N) is 2. The molecule has 2 rings (SSSR count). The van der Waals surface area contributed by atoms with Crippen molar-refractivity contribution in [2.45, 2.75) is 26.3 Å². The largest absolute Gasteiger partial charge is 0.492 e. The van der Waals surface area contributed by atoms with Crippen LogP contribution in [0, 0.1) is 0 Å². The first-order chi connectivity index (χ1) is 10.1. The van der Waals surface area contributed by atoms with Crippen molar-refractivity contribution in [3.8, 4) is 5.75 Å². The van der Waals surface area contributed by atoms with E-state index in [1.807, 2.05) is 13.0 Å². The molecule has 0 spiro atoms. The van der Waals surface area contributed by atoms with Gasteiger partial charge in [0.2, 0.25) is 12.3 Å². The predicted octanol–water partition coefficient (Wildman–Crippen LogP) is 2.54. The molecule has 0 aliphatic carbocycles. The van der Waals surface area contributed by atoms with Crippen LogP contribution in [0.2, 0.25) is 5.02 Å². The topological polar surface area (TPSA) is 77.2 Å². The van der Waals surface area contributed by atoms with Gasteiger partial charge in [0.05, 0.1) is 24.1 Å². The molecule has 2 aromatic rings. The second kappa shape index (κ2) is 7.08. The summed E-state index contributed by atoms with van der Waals surface area (Å²) in [6.07, 6.45) is 1.39. The molecule has 1 amide bonds. The average Bonchev–Trinajstić information content (AvgIpc) is 2.97. The number of benzene rings is 1. The summed E-state index contributed by atoms with van der Waals surface area (Å²) >= 11 is 6.09. The Bertz CT molecular complexity index is 602. The number of para-hydroxylation sites is 1. The molecule has 0 fully saturated rings. The Labute approximate surface area is 127 Å². The van der Waals surface area contributed by atoms with Crippen molar-refractivity contribution in [3.05, 3.63) is 41.0 Å². The number of halogens is 1. The van der Waals surface area contributed by atoms with E-state index < -0.39 is 0 Å². The van der Waals surface area contributed by atoms with Crippen LogP contribution in [0.3, 0.4) is 0 Å². The third kappa shape index (κ3) is 3.95. The fourth-order valence-electron chi connectivity index (χ4n) is 1.90. The lowest BCUT2D eigenvalue weighted by atomic mass is 10.1. The summed E-state index contributed by atoms with van der Waals surface area (Å²) in [5, 5.41) is 6.98. The molecule has 1 unspecified atom stereocenters. The minimum atomic E-state index is -0.328. The number of ether oxygens (including phenoxy) is 1. The van der Waals surface area contributed by atoms with Crippen LogP contribution in [0.1, 0.15) is 31.3 Å². The summed E-state index contributed by atoms with van der Waals surface area (Å²) in [4.78, 5) is 16.0. The molecule has 1 aromatic heterocycles. The van der Waals surface area contributed by atoms with Gasteiger partial charge in [-0.2, -0.15) is 4.98 Å². The van der Waals surface area contributed by atoms with Gasteiger partial charge in [0, 0.05) is 5.56 Å². The van der Waals surface area contributed by atoms with Crippen LogP contribution in [0.25, 0.3) is 0 Å². The van der Waals surface area contributed by atoms with Crippen molar-refractivity contribution >= 4 is 17.5 Å². The molecular weight excluding hydrogens is 294 g/mol. The van der Waals surface area contributed by atoms with E-state index >= 15 is 0 Å². The Morgan fingerprint density at radius 2 is 2.33 bits per heavy atom. The molecule has 0 saturated heterocycles. The van der Waals surface area contributed by atoms with E-state index in [0.29, 0.717) is 23.2 Å². The van der Waals surface area contributed by atoms with Gasteiger partial charge < -0.3 is 14.6 Å². The zero-order valence-electron chi connectivity index (χ0n) is 11.8. The molecule has 1 N–H and O–H groups in total. The van der Waals surface area contributed by atoms with Crippen LogP contribution in [-0.2, 0) is 11.2 Å². The second-order valence-electron chi connectivity index (χ2n) is 4.42. The van der Waals surface area contributed by atoms with E-state index in [1.54, 1.807) is 19.1 Å². The highest BCUT2D eigenvalue weighted by molar-refractivity contribution is 6.32. The van der Waals surface area contributed by atoms with E-state index in [4.69, 9.17) is 16.3 Å². The van der Waals surface area contributed by atoms with Crippen molar-refractivity contribution in [2.24, 2.45) is 0 Å². The number of amides is 1. The summed E-state index contributed by atoms with van der Waals surface area (Å²) < 4.78 is 10.1. The Balaban J connectivity index is 2.04. The molecule has 6 nitrogen and oxygen atoms in total. The summed E-state index contributed by atoms with van der Waals surface area (Å²) in [6, 6.07) is 5.01. The lowest BCUT2D eigenvalue weighted by Gasteiger charge is -2.13. The lowest BCUT2D eigenvalue weighted by Crippen LogP contribution is -2.28. The molecule has 0 bridgehead atoms. The molecule has 0 saturated carbocycles. The molecule has 1 heterocycles. The van der Waals surface area contributed by atoms with E-state index in [2.05, 4.69) is 20.0 Å². The van der Waals surface area contributed by atoms with Gasteiger partial charge in [-0.3, -0.25) is 4.79 Å². The second-order valence-corrected chi connectivity index (χ2v) is 4.82. The van der Waals surface area contributed by atoms with Gasteiger partial charge >= 0.3 is 0 Å². The highest BCUT2D eigenvalue weighted by atomic mass is 35.5. The minimum Gasteiger partial charge on any atom is -0.492 e. The van der Waals surface area contributed by atoms with Crippen molar-refractivity contribution in [3.63, 3.8) is 0 Å². The van der Waals surface area contributed by atoms with E-state index in [-0.39, 0.29) is 18.4 Å². The van der Waals surface area contributed by atoms with Crippen molar-refractivity contribution in [1.29, 1.82) is 0 Å². The van der Waals surface area contributed by atoms with Crippen LogP contribution < -0.4 is 10.1 Å². The van der Waals surface area contributed by atoms with E-state index in [9.17, 15) is 4.79 Å². The Hall–Kier alpha value is -2.08. The Kier molecular flexibility index (Phi) is 5.16. The van der Waals surface area contributed by atoms with E-state index in [1.165, 1.54) is 6.39 Å². The van der Waals surface area contributed by atoms with Gasteiger partial charge in [-0.15, -0.1) is 0 Å². The maximum atomic E-state index is 12.1. The molecule has 7 heteroatoms. The first-order valence-electron chi connectivity index (χ1n) is 6.57. The quantitative estimate of drug-likeness (QED) is 0.887. The van der Waals surface area contributed by atoms with Crippen LogP contribution in [0.15, 0.2) is 29.1 Å². The molecule has 0 aliphatic heterocycles. The normalized spacial score (nSPS) is 12.0. The van der Waals surface area contributed by atoms with Gasteiger partial charge in [0.25, 0.3) is 0 Å². The number of carbonyl (C=O) groups excluding carboxylic acids is 1. The van der Waals surface area contributed by atoms with Crippen LogP contribution in [0.4, 0.5) is 0 Å². The van der Waals surface area contributed by atoms with Gasteiger partial charge in [-0.25, -0.2) is 0 Å². The fourth-order valence-corrected chi connectivity index (χ4v) is 2.15. The number of hydrogen-bond donors (Lipinski definition) is 1. The number of aromatic nitrogens is 2. The summed E-state index contributed by atoms with van der Waals surface area (Å²) in [5.74, 6) is 0.805. The standard InChI is InChI=1S/C14H16ClN3O3/c1-3-20-13-10(5-4-6-11(13)15)7-12(19)17-9(2)14-16-8-21-18-14/h4-6,8-9H,3,7H2,1-2H3,(H,17,19). The maximum Gasteiger partial charge on any atom is 0.225 e. The summed E-state index contributed by atoms with van der Waals surface area (Å²) in [6.45, 7) is 4.13. The third-order valence-electron chi connectivity index (χ3n) is 2.83. The van der Waals surface area contributed by atoms with Gasteiger partial charge in [0.15, 0.2) is 5.82 Å². The van der Waals surface area contributed by atoms with Gasteiger partial charge in [-0.1, -0.05) is 28.9 Å². The highest BCUT2D eigenvalue weighted by Crippen LogP contribution is 2.29. The van der Waals surface area contributed by atoms with Crippen molar-refractivity contribution in [1.82, 2.24) is 15.5 Å². The SMILES string of the molecule is CCOc1c(Cl)cccc1CC(=O)NC(C)c1ncon1. The number of rotatable bonds is 6. The summed E-state index contributed by atoms with van der Waals surface area (Å²) in [7, 11) is 0. The number of hydrogen-bond acceptors (Lipinski definition) is 5. The van der Waals surface area contributed by atoms with Gasteiger partial charge in [0.1, 0.15) is 5.75 Å². The molecule has 21 heavy (non-hydrogen) atoms. The first kappa shape index (κ1) is 15.3. The average molecular weight is 310 g/mol. The maximum absolute atomic E-state index is 12.1. The molecule has 1 atom stereocenters. The Morgan fingerprint density at radius 1 is 1.52 bits per heavy atom. The van der Waals surface area contributed by atoms with Crippen molar-refractivity contribution < 1.29 is 14.1 Å². The monoisotopic (exact) mass is 309 g/mol. The highest BCUT2D eigenvalue weighted by Gasteiger charge is 2.16. The summed E-state index contributed by atoms with van der Waals surface area (Å²) in [5.41, 5.74) is 0.738. The number of nitrogens with one attached hydrogen (secondary N) is 1. The van der Waals surface area contributed by atoms with Crippen molar-refractivity contribution in [2.75, 3.05) is 6.61 Å². The molecular formula is C14H16ClN3O3. The van der Waals surface area contributed by atoms with Crippen LogP contribution in [-0.4, -0.2) is 22.7 Å². The molecule has 0 aliphatic rings. The lowest BCUT2D eigenvalue weighted by molar-refractivity contribution is -0.121. The fraction of sp³-hybridized carbons (Fsp3) is 0.357. The smallest absolute Gasteiger partial charge is 0.225 e. The molecule has 0 radical (unpaired) electrons. The van der Waals surface area contributed by atoms with Crippen LogP contribution in [0.5, 0.6) is 5.75 Å². The zero-order valence-corrected chi connectivity index (χ0v) is 12.6. The van der Waals surface area contributed by atoms with E-state index in [0.717, 1.165) is 5.56 Å². The third-order valence-corrected chi connectivity index (χ3v) is 3.13. The Morgan fingerprint density at radius 3 is 3.00 bits per heavy atom. The molecule has 1 aromatic carbocycles. The minimum absolute atomic E-state index is 0.165. The molecule has 112 valence electrons. The van der Waals surface area contributed by atoms with Gasteiger partial charge in [-0.05, 0) is 19.9 Å². The first-order valence-corrected chi connectivity index (χ1v) is 6.95.